The van der Waals surface area contributed by atoms with Gasteiger partial charge in [-0.05, 0) is 68.5 Å². The highest BCUT2D eigenvalue weighted by Crippen LogP contribution is 2.39. The lowest BCUT2D eigenvalue weighted by atomic mass is 10.0. The van der Waals surface area contributed by atoms with Crippen LogP contribution in [0.5, 0.6) is 0 Å². The molecule has 0 atom stereocenters. The minimum absolute atomic E-state index is 0.291. The van der Waals surface area contributed by atoms with Gasteiger partial charge in [0.05, 0.1) is 5.69 Å². The standard InChI is InChI=1S/C20H22ClN3/c1-13(2)24-18-8-7-15(17-9-10-22-20(21)23-17)11-16(18)12-19(24)14-5-3-4-6-14/h7-14H,3-6H2,1-2H3. The zero-order valence-electron chi connectivity index (χ0n) is 14.2. The van der Waals surface area contributed by atoms with Gasteiger partial charge in [0.25, 0.3) is 0 Å². The third kappa shape index (κ3) is 2.71. The van der Waals surface area contributed by atoms with E-state index in [4.69, 9.17) is 11.6 Å². The van der Waals surface area contributed by atoms with Gasteiger partial charge in [0.1, 0.15) is 0 Å². The minimum atomic E-state index is 0.291. The third-order valence-corrected chi connectivity index (χ3v) is 5.26. The van der Waals surface area contributed by atoms with Crippen LogP contribution in [-0.4, -0.2) is 14.5 Å². The Morgan fingerprint density at radius 3 is 2.62 bits per heavy atom. The molecular weight excluding hydrogens is 318 g/mol. The predicted molar refractivity (Wildman–Crippen MR) is 99.6 cm³/mol. The summed E-state index contributed by atoms with van der Waals surface area (Å²) in [5.41, 5.74) is 4.77. The molecule has 4 heteroatoms. The zero-order chi connectivity index (χ0) is 16.7. The highest BCUT2D eigenvalue weighted by molar-refractivity contribution is 6.28. The lowest BCUT2D eigenvalue weighted by molar-refractivity contribution is 0.555. The highest BCUT2D eigenvalue weighted by Gasteiger charge is 2.23. The van der Waals surface area contributed by atoms with E-state index >= 15 is 0 Å². The summed E-state index contributed by atoms with van der Waals surface area (Å²) < 4.78 is 2.52. The summed E-state index contributed by atoms with van der Waals surface area (Å²) in [7, 11) is 0. The van der Waals surface area contributed by atoms with Crippen molar-refractivity contribution in [3.05, 3.63) is 47.5 Å². The molecule has 0 bridgehead atoms. The van der Waals surface area contributed by atoms with E-state index < -0.39 is 0 Å². The summed E-state index contributed by atoms with van der Waals surface area (Å²) in [6, 6.07) is 11.3. The monoisotopic (exact) mass is 339 g/mol. The number of hydrogen-bond acceptors (Lipinski definition) is 2. The van der Waals surface area contributed by atoms with Crippen LogP contribution in [0.3, 0.4) is 0 Å². The Balaban J connectivity index is 1.85. The number of hydrogen-bond donors (Lipinski definition) is 0. The molecule has 124 valence electrons. The van der Waals surface area contributed by atoms with Crippen molar-refractivity contribution in [1.82, 2.24) is 14.5 Å². The molecule has 4 rings (SSSR count). The Morgan fingerprint density at radius 1 is 1.12 bits per heavy atom. The van der Waals surface area contributed by atoms with Gasteiger partial charge in [-0.25, -0.2) is 9.97 Å². The molecule has 2 heterocycles. The van der Waals surface area contributed by atoms with Crippen LogP contribution in [0.15, 0.2) is 36.5 Å². The van der Waals surface area contributed by atoms with Gasteiger partial charge >= 0.3 is 0 Å². The molecule has 24 heavy (non-hydrogen) atoms. The van der Waals surface area contributed by atoms with E-state index in [0.29, 0.717) is 17.2 Å². The number of fused-ring (bicyclic) bond motifs is 1. The van der Waals surface area contributed by atoms with Crippen LogP contribution in [0.1, 0.15) is 57.2 Å². The Kier molecular flexibility index (Phi) is 4.05. The quantitative estimate of drug-likeness (QED) is 0.549. The number of rotatable bonds is 3. The molecule has 1 saturated carbocycles. The molecule has 3 aromatic rings. The molecule has 0 unspecified atom stereocenters. The smallest absolute Gasteiger partial charge is 0.222 e. The lowest BCUT2D eigenvalue weighted by Crippen LogP contribution is -2.08. The number of halogens is 1. The molecule has 0 saturated heterocycles. The van der Waals surface area contributed by atoms with E-state index in [0.717, 1.165) is 11.3 Å². The molecule has 2 aromatic heterocycles. The molecule has 0 amide bonds. The zero-order valence-corrected chi connectivity index (χ0v) is 14.9. The predicted octanol–water partition coefficient (Wildman–Crippen LogP) is 5.99. The number of aromatic nitrogens is 3. The maximum atomic E-state index is 5.94. The summed E-state index contributed by atoms with van der Waals surface area (Å²) in [5.74, 6) is 0.705. The third-order valence-electron chi connectivity index (χ3n) is 5.08. The first-order valence-corrected chi connectivity index (χ1v) is 9.15. The average Bonchev–Trinajstić information content (AvgIpc) is 3.21. The van der Waals surface area contributed by atoms with Crippen molar-refractivity contribution in [3.63, 3.8) is 0 Å². The first kappa shape index (κ1) is 15.6. The number of benzene rings is 1. The summed E-state index contributed by atoms with van der Waals surface area (Å²) in [4.78, 5) is 8.31. The van der Waals surface area contributed by atoms with Crippen molar-refractivity contribution < 1.29 is 0 Å². The molecule has 3 nitrogen and oxygen atoms in total. The topological polar surface area (TPSA) is 30.7 Å². The highest BCUT2D eigenvalue weighted by atomic mass is 35.5. The SMILES string of the molecule is CC(C)n1c(C2CCCC2)cc2cc(-c3ccnc(Cl)n3)ccc21. The fraction of sp³-hybridized carbons (Fsp3) is 0.400. The maximum Gasteiger partial charge on any atom is 0.222 e. The maximum absolute atomic E-state index is 5.94. The molecule has 0 N–H and O–H groups in total. The van der Waals surface area contributed by atoms with Gasteiger partial charge in [-0.1, -0.05) is 18.9 Å². The van der Waals surface area contributed by atoms with E-state index in [-0.39, 0.29) is 0 Å². The van der Waals surface area contributed by atoms with Gasteiger partial charge in [0, 0.05) is 34.4 Å². The number of nitrogens with zero attached hydrogens (tertiary/aromatic N) is 3. The van der Waals surface area contributed by atoms with E-state index in [1.54, 1.807) is 6.20 Å². The Bertz CT molecular complexity index is 876. The van der Waals surface area contributed by atoms with Crippen LogP contribution >= 0.6 is 11.6 Å². The second-order valence-electron chi connectivity index (χ2n) is 7.00. The average molecular weight is 340 g/mol. The van der Waals surface area contributed by atoms with Crippen molar-refractivity contribution in [2.75, 3.05) is 0 Å². The van der Waals surface area contributed by atoms with Gasteiger partial charge in [0.15, 0.2) is 0 Å². The van der Waals surface area contributed by atoms with Crippen molar-refractivity contribution in [2.45, 2.75) is 51.5 Å². The summed E-state index contributed by atoms with van der Waals surface area (Å²) in [6.45, 7) is 4.55. The van der Waals surface area contributed by atoms with E-state index in [2.05, 4.69) is 52.6 Å². The first-order valence-electron chi connectivity index (χ1n) is 8.77. The van der Waals surface area contributed by atoms with Gasteiger partial charge in [-0.3, -0.25) is 0 Å². The second kappa shape index (κ2) is 6.21. The molecule has 0 aliphatic heterocycles. The lowest BCUT2D eigenvalue weighted by Gasteiger charge is -2.18. The second-order valence-corrected chi connectivity index (χ2v) is 7.34. The summed E-state index contributed by atoms with van der Waals surface area (Å²) >= 11 is 5.94. The van der Waals surface area contributed by atoms with Crippen LogP contribution in [-0.2, 0) is 0 Å². The fourth-order valence-corrected chi connectivity index (χ4v) is 4.17. The van der Waals surface area contributed by atoms with Gasteiger partial charge in [-0.2, -0.15) is 0 Å². The van der Waals surface area contributed by atoms with Gasteiger partial charge in [0.2, 0.25) is 5.28 Å². The minimum Gasteiger partial charge on any atom is -0.342 e. The van der Waals surface area contributed by atoms with Gasteiger partial charge in [-0.15, -0.1) is 0 Å². The van der Waals surface area contributed by atoms with Crippen molar-refractivity contribution in [2.24, 2.45) is 0 Å². The summed E-state index contributed by atoms with van der Waals surface area (Å²) in [5, 5.41) is 1.58. The van der Waals surface area contributed by atoms with Crippen LogP contribution < -0.4 is 0 Å². The van der Waals surface area contributed by atoms with E-state index in [1.807, 2.05) is 6.07 Å². The first-order chi connectivity index (χ1) is 11.6. The molecule has 1 aliphatic carbocycles. The normalized spacial score (nSPS) is 15.7. The van der Waals surface area contributed by atoms with Crippen molar-refractivity contribution >= 4 is 22.5 Å². The van der Waals surface area contributed by atoms with Crippen LogP contribution in [0.4, 0.5) is 0 Å². The molecule has 0 spiro atoms. The molecule has 1 fully saturated rings. The van der Waals surface area contributed by atoms with Crippen molar-refractivity contribution in [3.8, 4) is 11.3 Å². The largest absolute Gasteiger partial charge is 0.342 e. The van der Waals surface area contributed by atoms with E-state index in [9.17, 15) is 0 Å². The van der Waals surface area contributed by atoms with Crippen molar-refractivity contribution in [1.29, 1.82) is 0 Å². The molecule has 1 aromatic carbocycles. The Labute approximate surface area is 147 Å². The summed E-state index contributed by atoms with van der Waals surface area (Å²) in [6.07, 6.45) is 7.05. The van der Waals surface area contributed by atoms with Gasteiger partial charge < -0.3 is 4.57 Å². The van der Waals surface area contributed by atoms with E-state index in [1.165, 1.54) is 42.3 Å². The molecule has 0 radical (unpaired) electrons. The van der Waals surface area contributed by atoms with Crippen LogP contribution in [0, 0.1) is 0 Å². The molecular formula is C20H22ClN3. The van der Waals surface area contributed by atoms with Crippen LogP contribution in [0.2, 0.25) is 5.28 Å². The van der Waals surface area contributed by atoms with Crippen LogP contribution in [0.25, 0.3) is 22.2 Å². The Morgan fingerprint density at radius 2 is 1.92 bits per heavy atom. The molecule has 1 aliphatic rings. The Hall–Kier alpha value is -1.87. The fourth-order valence-electron chi connectivity index (χ4n) is 4.02.